The maximum Gasteiger partial charge on any atom is 0.268 e. The van der Waals surface area contributed by atoms with Crippen molar-refractivity contribution in [3.63, 3.8) is 0 Å². The second-order valence-electron chi connectivity index (χ2n) is 8.00. The summed E-state index contributed by atoms with van der Waals surface area (Å²) in [5.74, 6) is -0.981. The maximum absolute atomic E-state index is 13.3. The van der Waals surface area contributed by atoms with Crippen LogP contribution in [-0.4, -0.2) is 22.4 Å². The van der Waals surface area contributed by atoms with Crippen LogP contribution < -0.4 is 15.6 Å². The minimum atomic E-state index is -0.853. The number of hydrogen-bond donors (Lipinski definition) is 2. The van der Waals surface area contributed by atoms with Gasteiger partial charge in [0.2, 0.25) is 5.91 Å². The number of carbonyl (C=O) groups is 2. The summed E-state index contributed by atoms with van der Waals surface area (Å²) >= 11 is 0. The highest BCUT2D eigenvalue weighted by Crippen LogP contribution is 2.22. The highest BCUT2D eigenvalue weighted by molar-refractivity contribution is 6.00. The molecular formula is C26H24N5O2+. The van der Waals surface area contributed by atoms with Gasteiger partial charge in [-0.15, -0.1) is 0 Å². The summed E-state index contributed by atoms with van der Waals surface area (Å²) in [4.78, 5) is 25.5. The second-order valence-corrected chi connectivity index (χ2v) is 8.00. The SMILES string of the molecule is C[n+]1cccc(C[C@@H](NC(=O)c2cc3ccccc3n2Cc2cccc(C#N)c2)C(N)=O)c1. The Morgan fingerprint density at radius 2 is 1.88 bits per heavy atom. The van der Waals surface area contributed by atoms with Gasteiger partial charge >= 0.3 is 0 Å². The van der Waals surface area contributed by atoms with E-state index in [0.717, 1.165) is 22.0 Å². The Bertz CT molecular complexity index is 1380. The first-order valence-corrected chi connectivity index (χ1v) is 10.6. The third-order valence-electron chi connectivity index (χ3n) is 5.53. The number of rotatable bonds is 7. The number of aromatic nitrogens is 2. The van der Waals surface area contributed by atoms with Crippen LogP contribution in [0.4, 0.5) is 0 Å². The molecule has 2 aromatic heterocycles. The van der Waals surface area contributed by atoms with Crippen LogP contribution in [0.15, 0.2) is 79.1 Å². The van der Waals surface area contributed by atoms with Gasteiger partial charge in [-0.05, 0) is 35.9 Å². The molecule has 0 bridgehead atoms. The third kappa shape index (κ3) is 4.91. The van der Waals surface area contributed by atoms with Gasteiger partial charge in [-0.3, -0.25) is 9.59 Å². The van der Waals surface area contributed by atoms with Crippen molar-refractivity contribution < 1.29 is 14.2 Å². The number of pyridine rings is 1. The molecule has 1 atom stereocenters. The molecule has 2 heterocycles. The van der Waals surface area contributed by atoms with E-state index in [1.165, 1.54) is 0 Å². The topological polar surface area (TPSA) is 105 Å². The molecule has 3 N–H and O–H groups in total. The van der Waals surface area contributed by atoms with Gasteiger partial charge < -0.3 is 15.6 Å². The lowest BCUT2D eigenvalue weighted by Gasteiger charge is -2.17. The van der Waals surface area contributed by atoms with Gasteiger partial charge in [-0.25, -0.2) is 4.57 Å². The van der Waals surface area contributed by atoms with Gasteiger partial charge in [0.1, 0.15) is 18.8 Å². The standard InChI is InChI=1S/C26H23N5O2/c1-30-11-5-8-20(16-30)13-22(25(28)32)29-26(33)24-14-21-9-2-3-10-23(21)31(24)17-19-7-4-6-18(12-19)15-27/h2-12,14,16,22H,13,17H2,1H3,(H2-,28,29,32,33)/p+1/t22-/m1/s1. The summed E-state index contributed by atoms with van der Waals surface area (Å²) in [7, 11) is 1.89. The van der Waals surface area contributed by atoms with Crippen LogP contribution in [0.25, 0.3) is 10.9 Å². The Morgan fingerprint density at radius 1 is 1.09 bits per heavy atom. The second kappa shape index (κ2) is 9.37. The predicted molar refractivity (Wildman–Crippen MR) is 124 cm³/mol. The van der Waals surface area contributed by atoms with Gasteiger partial charge in [0.05, 0.1) is 11.6 Å². The Labute approximate surface area is 191 Å². The van der Waals surface area contributed by atoms with Crippen LogP contribution in [0.3, 0.4) is 0 Å². The van der Waals surface area contributed by atoms with Crippen LogP contribution in [0.5, 0.6) is 0 Å². The van der Waals surface area contributed by atoms with Gasteiger partial charge in [0.15, 0.2) is 12.4 Å². The number of nitrogens with zero attached hydrogens (tertiary/aromatic N) is 3. The number of fused-ring (bicyclic) bond motifs is 1. The van der Waals surface area contributed by atoms with Crippen molar-refractivity contribution in [2.75, 3.05) is 0 Å². The Morgan fingerprint density at radius 3 is 2.64 bits per heavy atom. The van der Waals surface area contributed by atoms with Gasteiger partial charge in [0, 0.05) is 35.5 Å². The van der Waals surface area contributed by atoms with Crippen molar-refractivity contribution in [3.05, 3.63) is 102 Å². The van der Waals surface area contributed by atoms with Crippen LogP contribution in [0.2, 0.25) is 0 Å². The van der Waals surface area contributed by atoms with Crippen molar-refractivity contribution in [2.24, 2.45) is 12.8 Å². The van der Waals surface area contributed by atoms with E-state index in [1.807, 2.05) is 77.1 Å². The van der Waals surface area contributed by atoms with Crippen LogP contribution in [-0.2, 0) is 24.8 Å². The zero-order valence-electron chi connectivity index (χ0n) is 18.2. The van der Waals surface area contributed by atoms with Crippen molar-refractivity contribution >= 4 is 22.7 Å². The number of nitrogens with two attached hydrogens (primary N) is 1. The first kappa shape index (κ1) is 21.8. The van der Waals surface area contributed by atoms with Crippen LogP contribution in [0.1, 0.15) is 27.2 Å². The van der Waals surface area contributed by atoms with Crippen LogP contribution >= 0.6 is 0 Å². The molecule has 0 aliphatic carbocycles. The van der Waals surface area contributed by atoms with E-state index in [1.54, 1.807) is 18.2 Å². The third-order valence-corrected chi connectivity index (χ3v) is 5.53. The van der Waals surface area contributed by atoms with Gasteiger partial charge in [-0.2, -0.15) is 5.26 Å². The van der Waals surface area contributed by atoms with E-state index in [0.29, 0.717) is 24.2 Å². The van der Waals surface area contributed by atoms with E-state index >= 15 is 0 Å². The fraction of sp³-hybridized carbons (Fsp3) is 0.154. The molecule has 0 fully saturated rings. The highest BCUT2D eigenvalue weighted by atomic mass is 16.2. The molecule has 164 valence electrons. The predicted octanol–water partition coefficient (Wildman–Crippen LogP) is 2.21. The van der Waals surface area contributed by atoms with E-state index in [9.17, 15) is 14.9 Å². The average molecular weight is 439 g/mol. The molecule has 0 radical (unpaired) electrons. The van der Waals surface area contributed by atoms with Crippen LogP contribution in [0, 0.1) is 11.3 Å². The highest BCUT2D eigenvalue weighted by Gasteiger charge is 2.23. The lowest BCUT2D eigenvalue weighted by atomic mass is 10.1. The molecule has 0 unspecified atom stereocenters. The molecule has 7 heteroatoms. The molecule has 4 rings (SSSR count). The molecule has 7 nitrogen and oxygen atoms in total. The van der Waals surface area contributed by atoms with Crippen molar-refractivity contribution in [2.45, 2.75) is 19.0 Å². The van der Waals surface area contributed by atoms with Gasteiger partial charge in [-0.1, -0.05) is 30.3 Å². The summed E-state index contributed by atoms with van der Waals surface area (Å²) in [6.07, 6.45) is 4.07. The molecule has 0 saturated carbocycles. The molecule has 2 amide bonds. The number of para-hydroxylation sites is 1. The summed E-state index contributed by atoms with van der Waals surface area (Å²) in [6.45, 7) is 0.404. The minimum absolute atomic E-state index is 0.292. The number of nitriles is 1. The molecule has 0 spiro atoms. The smallest absolute Gasteiger partial charge is 0.268 e. The minimum Gasteiger partial charge on any atom is -0.368 e. The zero-order valence-corrected chi connectivity index (χ0v) is 18.2. The lowest BCUT2D eigenvalue weighted by Crippen LogP contribution is -2.46. The van der Waals surface area contributed by atoms with Crippen molar-refractivity contribution in [1.29, 1.82) is 5.26 Å². The Hall–Kier alpha value is -4.44. The number of hydrogen-bond acceptors (Lipinski definition) is 3. The van der Waals surface area contributed by atoms with E-state index < -0.39 is 11.9 Å². The first-order chi connectivity index (χ1) is 15.9. The molecule has 0 aliphatic heterocycles. The lowest BCUT2D eigenvalue weighted by molar-refractivity contribution is -0.671. The number of carbonyl (C=O) groups excluding carboxylic acids is 2. The average Bonchev–Trinajstić information content (AvgIpc) is 3.17. The summed E-state index contributed by atoms with van der Waals surface area (Å²) < 4.78 is 3.77. The summed E-state index contributed by atoms with van der Waals surface area (Å²) in [5.41, 5.74) is 9.26. The number of benzene rings is 2. The molecular weight excluding hydrogens is 414 g/mol. The fourth-order valence-electron chi connectivity index (χ4n) is 3.95. The first-order valence-electron chi connectivity index (χ1n) is 10.6. The van der Waals surface area contributed by atoms with Gasteiger partial charge in [0.25, 0.3) is 5.91 Å². The Balaban J connectivity index is 1.66. The monoisotopic (exact) mass is 438 g/mol. The molecule has 0 saturated heterocycles. The van der Waals surface area contributed by atoms with Crippen molar-refractivity contribution in [1.82, 2.24) is 9.88 Å². The number of aryl methyl sites for hydroxylation is 1. The van der Waals surface area contributed by atoms with E-state index in [2.05, 4.69) is 11.4 Å². The summed E-state index contributed by atoms with van der Waals surface area (Å²) in [5, 5.41) is 12.9. The number of primary amides is 1. The quantitative estimate of drug-likeness (QED) is 0.432. The molecule has 0 aliphatic rings. The Kier molecular flexibility index (Phi) is 6.18. The van der Waals surface area contributed by atoms with E-state index in [4.69, 9.17) is 5.73 Å². The number of nitrogens with one attached hydrogen (secondary N) is 1. The van der Waals surface area contributed by atoms with Crippen molar-refractivity contribution in [3.8, 4) is 6.07 Å². The molecule has 4 aromatic rings. The normalized spacial score (nSPS) is 11.6. The fourth-order valence-corrected chi connectivity index (χ4v) is 3.95. The summed E-state index contributed by atoms with van der Waals surface area (Å²) in [6, 6.07) is 21.8. The largest absolute Gasteiger partial charge is 0.368 e. The number of amides is 2. The molecule has 33 heavy (non-hydrogen) atoms. The maximum atomic E-state index is 13.3. The molecule has 2 aromatic carbocycles. The zero-order chi connectivity index (χ0) is 23.4. The van der Waals surface area contributed by atoms with E-state index in [-0.39, 0.29) is 5.91 Å².